The van der Waals surface area contributed by atoms with E-state index in [0.29, 0.717) is 0 Å². The summed E-state index contributed by atoms with van der Waals surface area (Å²) in [6, 6.07) is 8.11. The van der Waals surface area contributed by atoms with Gasteiger partial charge in [-0.15, -0.1) is 0 Å². The highest BCUT2D eigenvalue weighted by Crippen LogP contribution is 2.04. The molecule has 0 bridgehead atoms. The molecule has 2 N–H and O–H groups in total. The SMILES string of the molecule is C/C(=N/N)c1cccc(C)c1. The molecule has 0 saturated heterocycles. The summed E-state index contributed by atoms with van der Waals surface area (Å²) in [7, 11) is 0. The van der Waals surface area contributed by atoms with E-state index >= 15 is 0 Å². The Morgan fingerprint density at radius 2 is 2.18 bits per heavy atom. The molecule has 0 aliphatic heterocycles. The standard InChI is InChI=1S/C9H12N2/c1-7-4-3-5-9(6-7)8(2)11-10/h3-6H,10H2,1-2H3/b11-8-. The lowest BCUT2D eigenvalue weighted by Gasteiger charge is -1.98. The minimum absolute atomic E-state index is 0.869. The summed E-state index contributed by atoms with van der Waals surface area (Å²) in [5.41, 5.74) is 3.19. The molecule has 0 amide bonds. The summed E-state index contributed by atoms with van der Waals surface area (Å²) >= 11 is 0. The van der Waals surface area contributed by atoms with Crippen molar-refractivity contribution in [3.8, 4) is 0 Å². The second kappa shape index (κ2) is 3.19. The number of rotatable bonds is 1. The molecular formula is C9H12N2. The summed E-state index contributed by atoms with van der Waals surface area (Å²) in [5, 5.41) is 3.62. The minimum atomic E-state index is 0.869. The van der Waals surface area contributed by atoms with Gasteiger partial charge in [-0.1, -0.05) is 29.8 Å². The Bertz CT molecular complexity index is 277. The highest BCUT2D eigenvalue weighted by Gasteiger charge is 1.94. The van der Waals surface area contributed by atoms with Crippen LogP contribution in [-0.4, -0.2) is 5.71 Å². The van der Waals surface area contributed by atoms with E-state index in [2.05, 4.69) is 11.2 Å². The van der Waals surface area contributed by atoms with Crippen LogP contribution in [0, 0.1) is 6.92 Å². The van der Waals surface area contributed by atoms with Gasteiger partial charge in [0.15, 0.2) is 0 Å². The van der Waals surface area contributed by atoms with E-state index in [1.807, 2.05) is 32.0 Å². The average Bonchev–Trinajstić information content (AvgIpc) is 2.03. The maximum atomic E-state index is 5.14. The van der Waals surface area contributed by atoms with E-state index in [9.17, 15) is 0 Å². The van der Waals surface area contributed by atoms with Crippen LogP contribution < -0.4 is 5.84 Å². The van der Waals surface area contributed by atoms with Crippen LogP contribution in [0.25, 0.3) is 0 Å². The van der Waals surface area contributed by atoms with Crippen molar-refractivity contribution in [1.29, 1.82) is 0 Å². The second-order valence-electron chi connectivity index (χ2n) is 2.58. The van der Waals surface area contributed by atoms with Crippen LogP contribution in [0.15, 0.2) is 29.4 Å². The predicted molar refractivity (Wildman–Crippen MR) is 47.6 cm³/mol. The van der Waals surface area contributed by atoms with Gasteiger partial charge in [0.05, 0.1) is 5.71 Å². The largest absolute Gasteiger partial charge is 0.323 e. The lowest BCUT2D eigenvalue weighted by molar-refractivity contribution is 1.23. The number of benzene rings is 1. The quantitative estimate of drug-likeness (QED) is 0.367. The van der Waals surface area contributed by atoms with E-state index in [4.69, 9.17) is 5.84 Å². The van der Waals surface area contributed by atoms with Crippen LogP contribution in [0.1, 0.15) is 18.1 Å². The highest BCUT2D eigenvalue weighted by atomic mass is 15.1. The van der Waals surface area contributed by atoms with E-state index in [1.165, 1.54) is 5.56 Å². The minimum Gasteiger partial charge on any atom is -0.323 e. The molecular weight excluding hydrogens is 136 g/mol. The van der Waals surface area contributed by atoms with Crippen molar-refractivity contribution >= 4 is 5.71 Å². The number of hydrogen-bond donors (Lipinski definition) is 1. The smallest absolute Gasteiger partial charge is 0.0641 e. The van der Waals surface area contributed by atoms with Crippen molar-refractivity contribution in [2.45, 2.75) is 13.8 Å². The van der Waals surface area contributed by atoms with Crippen LogP contribution in [0.2, 0.25) is 0 Å². The fourth-order valence-corrected chi connectivity index (χ4v) is 0.945. The Morgan fingerprint density at radius 1 is 1.45 bits per heavy atom. The first-order valence-electron chi connectivity index (χ1n) is 3.55. The van der Waals surface area contributed by atoms with Crippen molar-refractivity contribution in [1.82, 2.24) is 0 Å². The van der Waals surface area contributed by atoms with Gasteiger partial charge >= 0.3 is 0 Å². The fourth-order valence-electron chi connectivity index (χ4n) is 0.945. The summed E-state index contributed by atoms with van der Waals surface area (Å²) in [4.78, 5) is 0. The Kier molecular flexibility index (Phi) is 2.26. The first kappa shape index (κ1) is 7.79. The topological polar surface area (TPSA) is 38.4 Å². The van der Waals surface area contributed by atoms with Crippen molar-refractivity contribution in [2.75, 3.05) is 0 Å². The van der Waals surface area contributed by atoms with Crippen LogP contribution in [0.5, 0.6) is 0 Å². The third-order valence-electron chi connectivity index (χ3n) is 1.63. The average molecular weight is 148 g/mol. The van der Waals surface area contributed by atoms with Crippen LogP contribution in [0.3, 0.4) is 0 Å². The van der Waals surface area contributed by atoms with Gasteiger partial charge in [0.2, 0.25) is 0 Å². The summed E-state index contributed by atoms with van der Waals surface area (Å²) in [6.07, 6.45) is 0. The predicted octanol–water partition coefficient (Wildman–Crippen LogP) is 1.68. The third-order valence-corrected chi connectivity index (χ3v) is 1.63. The number of nitrogens with two attached hydrogens (primary N) is 1. The van der Waals surface area contributed by atoms with Gasteiger partial charge in [-0.25, -0.2) is 0 Å². The van der Waals surface area contributed by atoms with E-state index in [1.54, 1.807) is 0 Å². The second-order valence-corrected chi connectivity index (χ2v) is 2.58. The van der Waals surface area contributed by atoms with E-state index < -0.39 is 0 Å². The lowest BCUT2D eigenvalue weighted by atomic mass is 10.1. The van der Waals surface area contributed by atoms with E-state index in [0.717, 1.165) is 11.3 Å². The van der Waals surface area contributed by atoms with Gasteiger partial charge in [-0.2, -0.15) is 5.10 Å². The van der Waals surface area contributed by atoms with Crippen LogP contribution in [0.4, 0.5) is 0 Å². The molecule has 0 aliphatic carbocycles. The van der Waals surface area contributed by atoms with Gasteiger partial charge < -0.3 is 5.84 Å². The number of nitrogens with zero attached hydrogens (tertiary/aromatic N) is 1. The molecule has 0 aliphatic rings. The van der Waals surface area contributed by atoms with Gasteiger partial charge in [-0.05, 0) is 19.4 Å². The molecule has 1 aromatic rings. The maximum absolute atomic E-state index is 5.14. The Morgan fingerprint density at radius 3 is 2.73 bits per heavy atom. The maximum Gasteiger partial charge on any atom is 0.0641 e. The molecule has 11 heavy (non-hydrogen) atoms. The first-order valence-corrected chi connectivity index (χ1v) is 3.55. The number of hydrogen-bond acceptors (Lipinski definition) is 2. The van der Waals surface area contributed by atoms with E-state index in [-0.39, 0.29) is 0 Å². The fraction of sp³-hybridized carbons (Fsp3) is 0.222. The molecule has 0 unspecified atom stereocenters. The van der Waals surface area contributed by atoms with Crippen molar-refractivity contribution < 1.29 is 0 Å². The molecule has 2 nitrogen and oxygen atoms in total. The summed E-state index contributed by atoms with van der Waals surface area (Å²) < 4.78 is 0. The molecule has 1 aromatic carbocycles. The normalized spacial score (nSPS) is 11.6. The highest BCUT2D eigenvalue weighted by molar-refractivity contribution is 5.98. The zero-order valence-corrected chi connectivity index (χ0v) is 6.83. The van der Waals surface area contributed by atoms with Crippen molar-refractivity contribution in [3.05, 3.63) is 35.4 Å². The monoisotopic (exact) mass is 148 g/mol. The number of aryl methyl sites for hydroxylation is 1. The third kappa shape index (κ3) is 1.80. The first-order chi connectivity index (χ1) is 5.24. The Hall–Kier alpha value is -1.31. The molecule has 0 spiro atoms. The van der Waals surface area contributed by atoms with Gasteiger partial charge in [0, 0.05) is 0 Å². The van der Waals surface area contributed by atoms with Gasteiger partial charge in [0.25, 0.3) is 0 Å². The van der Waals surface area contributed by atoms with Crippen LogP contribution >= 0.6 is 0 Å². The molecule has 0 aromatic heterocycles. The van der Waals surface area contributed by atoms with Crippen molar-refractivity contribution in [2.24, 2.45) is 10.9 Å². The zero-order chi connectivity index (χ0) is 8.27. The van der Waals surface area contributed by atoms with Crippen molar-refractivity contribution in [3.63, 3.8) is 0 Å². The Balaban J connectivity index is 3.06. The zero-order valence-electron chi connectivity index (χ0n) is 6.83. The molecule has 58 valence electrons. The molecule has 0 fully saturated rings. The molecule has 0 saturated carbocycles. The lowest BCUT2D eigenvalue weighted by Crippen LogP contribution is -1.98. The molecule has 1 rings (SSSR count). The molecule has 0 atom stereocenters. The van der Waals surface area contributed by atoms with Gasteiger partial charge in [0.1, 0.15) is 0 Å². The Labute approximate surface area is 66.7 Å². The number of hydrazone groups is 1. The summed E-state index contributed by atoms with van der Waals surface area (Å²) in [5.74, 6) is 5.14. The summed E-state index contributed by atoms with van der Waals surface area (Å²) in [6.45, 7) is 3.95. The van der Waals surface area contributed by atoms with Gasteiger partial charge in [-0.3, -0.25) is 0 Å². The molecule has 2 heteroatoms. The molecule has 0 radical (unpaired) electrons. The molecule has 0 heterocycles. The van der Waals surface area contributed by atoms with Crippen LogP contribution in [-0.2, 0) is 0 Å².